The number of aliphatic hydroxyl groups is 1. The first kappa shape index (κ1) is 20.6. The van der Waals surface area contributed by atoms with Crippen LogP contribution in [0.3, 0.4) is 0 Å². The topological polar surface area (TPSA) is 49.8 Å². The maximum atomic E-state index is 12.6. The molecule has 0 amide bonds. The van der Waals surface area contributed by atoms with Gasteiger partial charge in [0.25, 0.3) is 0 Å². The van der Waals surface area contributed by atoms with Crippen molar-refractivity contribution in [3.8, 4) is 5.75 Å². The summed E-state index contributed by atoms with van der Waals surface area (Å²) < 4.78 is 5.89. The molecule has 1 aliphatic rings. The smallest absolute Gasteiger partial charge is 0.166 e. The summed E-state index contributed by atoms with van der Waals surface area (Å²) in [6.07, 6.45) is 1.15. The number of β-amino-alcohol motifs (C(OH)–C–C–N with tert-alkyl or cyclic N) is 1. The number of carbonyl (C=O) groups is 1. The number of aliphatic hydroxyl groups excluding tert-OH is 1. The number of carbonyl (C=O) groups excluding carboxylic acids is 1. The van der Waals surface area contributed by atoms with Gasteiger partial charge in [-0.25, -0.2) is 0 Å². The summed E-state index contributed by atoms with van der Waals surface area (Å²) >= 11 is 0. The van der Waals surface area contributed by atoms with E-state index in [-0.39, 0.29) is 18.3 Å². The van der Waals surface area contributed by atoms with Gasteiger partial charge in [-0.15, -0.1) is 0 Å². The minimum atomic E-state index is -0.540. The number of ketones is 1. The Morgan fingerprint density at radius 3 is 2.39 bits per heavy atom. The van der Waals surface area contributed by atoms with Crippen LogP contribution >= 0.6 is 0 Å². The Bertz CT molecular complexity index is 751. The van der Waals surface area contributed by atoms with E-state index in [0.29, 0.717) is 12.5 Å². The van der Waals surface area contributed by atoms with Crippen LogP contribution in [0.5, 0.6) is 5.75 Å². The molecule has 0 aliphatic carbocycles. The van der Waals surface area contributed by atoms with E-state index in [1.807, 2.05) is 48.5 Å². The van der Waals surface area contributed by atoms with Crippen LogP contribution in [0.4, 0.5) is 0 Å². The highest BCUT2D eigenvalue weighted by Gasteiger charge is 2.26. The lowest BCUT2D eigenvalue weighted by Gasteiger charge is -2.32. The van der Waals surface area contributed by atoms with Crippen LogP contribution in [0.1, 0.15) is 48.5 Å². The summed E-state index contributed by atoms with van der Waals surface area (Å²) in [6.45, 7) is 6.81. The van der Waals surface area contributed by atoms with E-state index >= 15 is 0 Å². The fourth-order valence-corrected chi connectivity index (χ4v) is 3.84. The molecule has 4 heteroatoms. The number of ether oxygens (including phenoxy) is 1. The molecule has 150 valence electrons. The normalized spacial score (nSPS) is 16.9. The molecule has 0 saturated carbocycles. The van der Waals surface area contributed by atoms with Gasteiger partial charge in [0, 0.05) is 18.0 Å². The number of hydrogen-bond donors (Lipinski definition) is 1. The van der Waals surface area contributed by atoms with Crippen molar-refractivity contribution in [1.29, 1.82) is 0 Å². The Labute approximate surface area is 168 Å². The number of Topliss-reactive ketones (excluding diaryl/α,β-unsaturated/α-hetero) is 1. The molecule has 1 aliphatic heterocycles. The number of nitrogens with zero attached hydrogens (tertiary/aromatic N) is 1. The van der Waals surface area contributed by atoms with E-state index in [9.17, 15) is 9.90 Å². The number of para-hydroxylation sites is 1. The second-order valence-electron chi connectivity index (χ2n) is 7.96. The third-order valence-corrected chi connectivity index (χ3v) is 5.46. The Morgan fingerprint density at radius 2 is 1.71 bits per heavy atom. The molecule has 2 aromatic rings. The first-order chi connectivity index (χ1) is 13.5. The SMILES string of the molecule is CC(C)c1ccccc1OC[C@H](O)CN1CCC(C(=O)c2ccccc2)CC1. The van der Waals surface area contributed by atoms with Gasteiger partial charge in [-0.05, 0) is 43.5 Å². The van der Waals surface area contributed by atoms with Crippen LogP contribution in [-0.2, 0) is 0 Å². The largest absolute Gasteiger partial charge is 0.491 e. The van der Waals surface area contributed by atoms with Crippen molar-refractivity contribution in [2.75, 3.05) is 26.2 Å². The van der Waals surface area contributed by atoms with Crippen LogP contribution in [0, 0.1) is 5.92 Å². The van der Waals surface area contributed by atoms with Gasteiger partial charge in [-0.1, -0.05) is 62.4 Å². The highest BCUT2D eigenvalue weighted by atomic mass is 16.5. The first-order valence-corrected chi connectivity index (χ1v) is 10.3. The minimum absolute atomic E-state index is 0.0879. The van der Waals surface area contributed by atoms with Gasteiger partial charge < -0.3 is 14.7 Å². The lowest BCUT2D eigenvalue weighted by Crippen LogP contribution is -2.42. The van der Waals surface area contributed by atoms with E-state index in [2.05, 4.69) is 24.8 Å². The van der Waals surface area contributed by atoms with Crippen molar-refractivity contribution in [2.45, 2.75) is 38.7 Å². The van der Waals surface area contributed by atoms with Crippen molar-refractivity contribution in [2.24, 2.45) is 5.92 Å². The Kier molecular flexibility index (Phi) is 7.24. The summed E-state index contributed by atoms with van der Waals surface area (Å²) in [5.41, 5.74) is 1.97. The summed E-state index contributed by atoms with van der Waals surface area (Å²) in [7, 11) is 0. The summed E-state index contributed by atoms with van der Waals surface area (Å²) in [6, 6.07) is 17.6. The molecule has 28 heavy (non-hydrogen) atoms. The Balaban J connectivity index is 1.44. The molecule has 0 unspecified atom stereocenters. The quantitative estimate of drug-likeness (QED) is 0.698. The molecule has 2 aromatic carbocycles. The predicted octanol–water partition coefficient (Wildman–Crippen LogP) is 4.14. The number of piperidine rings is 1. The summed E-state index contributed by atoms with van der Waals surface area (Å²) in [5, 5.41) is 10.4. The number of rotatable bonds is 8. The van der Waals surface area contributed by atoms with Gasteiger partial charge in [0.1, 0.15) is 18.5 Å². The van der Waals surface area contributed by atoms with Crippen molar-refractivity contribution < 1.29 is 14.6 Å². The van der Waals surface area contributed by atoms with Crippen LogP contribution < -0.4 is 4.74 Å². The summed E-state index contributed by atoms with van der Waals surface area (Å²) in [5.74, 6) is 1.57. The van der Waals surface area contributed by atoms with Gasteiger partial charge >= 0.3 is 0 Å². The van der Waals surface area contributed by atoms with E-state index in [0.717, 1.165) is 42.8 Å². The highest BCUT2D eigenvalue weighted by molar-refractivity contribution is 5.97. The highest BCUT2D eigenvalue weighted by Crippen LogP contribution is 2.26. The van der Waals surface area contributed by atoms with Gasteiger partial charge in [0.05, 0.1) is 0 Å². The maximum absolute atomic E-state index is 12.6. The maximum Gasteiger partial charge on any atom is 0.166 e. The second kappa shape index (κ2) is 9.85. The molecule has 0 bridgehead atoms. The molecule has 0 radical (unpaired) electrons. The van der Waals surface area contributed by atoms with Crippen molar-refractivity contribution in [3.05, 3.63) is 65.7 Å². The summed E-state index contributed by atoms with van der Waals surface area (Å²) in [4.78, 5) is 14.8. The standard InChI is InChI=1S/C24H31NO3/c1-18(2)22-10-6-7-11-23(22)28-17-21(26)16-25-14-12-20(13-15-25)24(27)19-8-4-3-5-9-19/h3-11,18,20-21,26H,12-17H2,1-2H3/t21-/m1/s1. The van der Waals surface area contributed by atoms with E-state index in [1.54, 1.807) is 0 Å². The van der Waals surface area contributed by atoms with Crippen LogP contribution in [-0.4, -0.2) is 48.1 Å². The molecule has 3 rings (SSSR count). The van der Waals surface area contributed by atoms with Crippen LogP contribution in [0.25, 0.3) is 0 Å². The third kappa shape index (κ3) is 5.43. The zero-order valence-electron chi connectivity index (χ0n) is 16.9. The van der Waals surface area contributed by atoms with Gasteiger partial charge in [0.2, 0.25) is 0 Å². The third-order valence-electron chi connectivity index (χ3n) is 5.46. The van der Waals surface area contributed by atoms with E-state index in [1.165, 1.54) is 0 Å². The fraction of sp³-hybridized carbons (Fsp3) is 0.458. The molecule has 1 saturated heterocycles. The molecule has 1 heterocycles. The monoisotopic (exact) mass is 381 g/mol. The first-order valence-electron chi connectivity index (χ1n) is 10.3. The molecule has 0 spiro atoms. The number of hydrogen-bond acceptors (Lipinski definition) is 4. The minimum Gasteiger partial charge on any atom is -0.491 e. The molecule has 0 aromatic heterocycles. The Hall–Kier alpha value is -2.17. The van der Waals surface area contributed by atoms with Gasteiger partial charge in [-0.2, -0.15) is 0 Å². The molecular formula is C24H31NO3. The van der Waals surface area contributed by atoms with Crippen molar-refractivity contribution in [1.82, 2.24) is 4.90 Å². The van der Waals surface area contributed by atoms with E-state index in [4.69, 9.17) is 4.74 Å². The van der Waals surface area contributed by atoms with Crippen molar-refractivity contribution >= 4 is 5.78 Å². The lowest BCUT2D eigenvalue weighted by molar-refractivity contribution is 0.0521. The second-order valence-corrected chi connectivity index (χ2v) is 7.96. The molecule has 1 fully saturated rings. The van der Waals surface area contributed by atoms with Crippen LogP contribution in [0.15, 0.2) is 54.6 Å². The van der Waals surface area contributed by atoms with Crippen LogP contribution in [0.2, 0.25) is 0 Å². The fourth-order valence-electron chi connectivity index (χ4n) is 3.84. The van der Waals surface area contributed by atoms with Gasteiger partial charge in [0.15, 0.2) is 5.78 Å². The Morgan fingerprint density at radius 1 is 1.07 bits per heavy atom. The number of likely N-dealkylation sites (tertiary alicyclic amines) is 1. The average molecular weight is 382 g/mol. The molecule has 1 atom stereocenters. The predicted molar refractivity (Wildman–Crippen MR) is 112 cm³/mol. The lowest BCUT2D eigenvalue weighted by atomic mass is 9.89. The molecular weight excluding hydrogens is 350 g/mol. The van der Waals surface area contributed by atoms with Crippen molar-refractivity contribution in [3.63, 3.8) is 0 Å². The van der Waals surface area contributed by atoms with E-state index < -0.39 is 6.10 Å². The zero-order valence-corrected chi connectivity index (χ0v) is 16.9. The average Bonchev–Trinajstić information content (AvgIpc) is 2.73. The van der Waals surface area contributed by atoms with Gasteiger partial charge in [-0.3, -0.25) is 4.79 Å². The number of benzene rings is 2. The molecule has 4 nitrogen and oxygen atoms in total. The zero-order chi connectivity index (χ0) is 19.9. The molecule has 1 N–H and O–H groups in total.